The zero-order chi connectivity index (χ0) is 21.1. The van der Waals surface area contributed by atoms with E-state index in [0.717, 1.165) is 35.7 Å². The number of hydrogen-bond donors (Lipinski definition) is 1. The van der Waals surface area contributed by atoms with Gasteiger partial charge in [0.2, 0.25) is 0 Å². The van der Waals surface area contributed by atoms with Crippen molar-refractivity contribution in [3.63, 3.8) is 0 Å². The number of nitrogens with zero attached hydrogens (tertiary/aromatic N) is 2. The van der Waals surface area contributed by atoms with Gasteiger partial charge in [0.1, 0.15) is 5.82 Å². The van der Waals surface area contributed by atoms with E-state index < -0.39 is 0 Å². The molecule has 0 aliphatic heterocycles. The van der Waals surface area contributed by atoms with Crippen LogP contribution in [0.1, 0.15) is 36.1 Å². The summed E-state index contributed by atoms with van der Waals surface area (Å²) in [6.07, 6.45) is 6.76. The van der Waals surface area contributed by atoms with Gasteiger partial charge in [0.05, 0.1) is 5.52 Å². The summed E-state index contributed by atoms with van der Waals surface area (Å²) in [7, 11) is 0. The minimum atomic E-state index is 0.623. The van der Waals surface area contributed by atoms with Crippen molar-refractivity contribution in [1.82, 2.24) is 9.97 Å². The molecule has 0 unspecified atom stereocenters. The fourth-order valence-corrected chi connectivity index (χ4v) is 4.04. The van der Waals surface area contributed by atoms with Gasteiger partial charge in [-0.15, -0.1) is 0 Å². The van der Waals surface area contributed by atoms with Gasteiger partial charge in [-0.1, -0.05) is 50.2 Å². The molecule has 3 heteroatoms. The SMILES string of the molecule is Cc1ccccc1-c1ccc2nc(N)c(CCc3cncc(CC(C)C)c3)cc2c1. The van der Waals surface area contributed by atoms with Crippen molar-refractivity contribution in [2.24, 2.45) is 5.92 Å². The van der Waals surface area contributed by atoms with Crippen LogP contribution in [0.2, 0.25) is 0 Å². The van der Waals surface area contributed by atoms with Crippen LogP contribution in [0.25, 0.3) is 22.0 Å². The summed E-state index contributed by atoms with van der Waals surface area (Å²) in [6, 6.07) is 19.4. The van der Waals surface area contributed by atoms with E-state index in [2.05, 4.69) is 85.3 Å². The maximum Gasteiger partial charge on any atom is 0.127 e. The Labute approximate surface area is 179 Å². The van der Waals surface area contributed by atoms with Gasteiger partial charge in [0, 0.05) is 17.8 Å². The Balaban J connectivity index is 1.60. The molecule has 2 aromatic carbocycles. The lowest BCUT2D eigenvalue weighted by atomic mass is 9.97. The zero-order valence-corrected chi connectivity index (χ0v) is 18.0. The fourth-order valence-electron chi connectivity index (χ4n) is 4.04. The molecule has 0 atom stereocenters. The van der Waals surface area contributed by atoms with Crippen LogP contribution in [0, 0.1) is 12.8 Å². The van der Waals surface area contributed by atoms with Gasteiger partial charge < -0.3 is 5.73 Å². The van der Waals surface area contributed by atoms with Gasteiger partial charge in [-0.05, 0) is 83.7 Å². The predicted octanol–water partition coefficient (Wildman–Crippen LogP) is 6.17. The Morgan fingerprint density at radius 1 is 0.900 bits per heavy atom. The van der Waals surface area contributed by atoms with Gasteiger partial charge in [-0.3, -0.25) is 4.98 Å². The van der Waals surface area contributed by atoms with Crippen LogP contribution in [0.4, 0.5) is 5.82 Å². The standard InChI is InChI=1S/C27H29N3/c1-18(2)12-21-13-20(16-29-17-21)8-9-23-15-24-14-22(10-11-26(24)30-27(23)28)25-7-5-4-6-19(25)3/h4-7,10-11,13-18H,8-9,12H2,1-3H3,(H2,28,30). The first-order chi connectivity index (χ1) is 14.5. The second kappa shape index (κ2) is 8.66. The first-order valence-corrected chi connectivity index (χ1v) is 10.7. The summed E-state index contributed by atoms with van der Waals surface area (Å²) in [4.78, 5) is 9.09. The summed E-state index contributed by atoms with van der Waals surface area (Å²) < 4.78 is 0. The molecule has 0 amide bonds. The molecule has 152 valence electrons. The topological polar surface area (TPSA) is 51.8 Å². The van der Waals surface area contributed by atoms with Crippen molar-refractivity contribution in [3.05, 3.63) is 89.2 Å². The van der Waals surface area contributed by atoms with E-state index in [1.54, 1.807) is 0 Å². The average molecular weight is 396 g/mol. The van der Waals surface area contributed by atoms with Crippen molar-refractivity contribution in [1.29, 1.82) is 0 Å². The van der Waals surface area contributed by atoms with Gasteiger partial charge in [0.15, 0.2) is 0 Å². The van der Waals surface area contributed by atoms with Crippen LogP contribution in [0.15, 0.2) is 67.0 Å². The number of pyridine rings is 2. The minimum Gasteiger partial charge on any atom is -0.383 e. The predicted molar refractivity (Wildman–Crippen MR) is 127 cm³/mol. The summed E-state index contributed by atoms with van der Waals surface area (Å²) in [5.74, 6) is 1.25. The van der Waals surface area contributed by atoms with E-state index in [0.29, 0.717) is 11.7 Å². The van der Waals surface area contributed by atoms with Crippen LogP contribution in [0.3, 0.4) is 0 Å². The first-order valence-electron chi connectivity index (χ1n) is 10.7. The van der Waals surface area contributed by atoms with Crippen molar-refractivity contribution < 1.29 is 0 Å². The third-order valence-electron chi connectivity index (χ3n) is 5.56. The highest BCUT2D eigenvalue weighted by atomic mass is 14.8. The molecule has 0 saturated carbocycles. The molecule has 30 heavy (non-hydrogen) atoms. The smallest absolute Gasteiger partial charge is 0.127 e. The van der Waals surface area contributed by atoms with Gasteiger partial charge in [-0.2, -0.15) is 0 Å². The molecule has 0 bridgehead atoms. The number of aromatic nitrogens is 2. The summed E-state index contributed by atoms with van der Waals surface area (Å²) in [5, 5.41) is 1.13. The highest BCUT2D eigenvalue weighted by Crippen LogP contribution is 2.28. The summed E-state index contributed by atoms with van der Waals surface area (Å²) >= 11 is 0. The van der Waals surface area contributed by atoms with Crippen LogP contribution in [0.5, 0.6) is 0 Å². The third-order valence-corrected chi connectivity index (χ3v) is 5.56. The summed E-state index contributed by atoms with van der Waals surface area (Å²) in [5.41, 5.74) is 14.6. The normalized spacial score (nSPS) is 11.3. The highest BCUT2D eigenvalue weighted by molar-refractivity contribution is 5.87. The Kier molecular flexibility index (Phi) is 5.80. The van der Waals surface area contributed by atoms with E-state index in [4.69, 9.17) is 5.73 Å². The first kappa shape index (κ1) is 20.1. The maximum absolute atomic E-state index is 6.29. The molecule has 2 N–H and O–H groups in total. The number of nitrogen functional groups attached to an aromatic ring is 1. The molecule has 3 nitrogen and oxygen atoms in total. The van der Waals surface area contributed by atoms with E-state index >= 15 is 0 Å². The Hall–Kier alpha value is -3.20. The maximum atomic E-state index is 6.29. The molecule has 0 aliphatic rings. The second-order valence-electron chi connectivity index (χ2n) is 8.55. The number of rotatable bonds is 6. The fraction of sp³-hybridized carbons (Fsp3) is 0.259. The lowest BCUT2D eigenvalue weighted by Crippen LogP contribution is -2.02. The Bertz CT molecular complexity index is 1180. The van der Waals surface area contributed by atoms with Crippen LogP contribution in [-0.2, 0) is 19.3 Å². The number of anilines is 1. The monoisotopic (exact) mass is 395 g/mol. The van der Waals surface area contributed by atoms with Crippen LogP contribution < -0.4 is 5.73 Å². The zero-order valence-electron chi connectivity index (χ0n) is 18.0. The van der Waals surface area contributed by atoms with Crippen molar-refractivity contribution in [2.75, 3.05) is 5.73 Å². The third kappa shape index (κ3) is 4.51. The Morgan fingerprint density at radius 2 is 1.70 bits per heavy atom. The average Bonchev–Trinajstić information content (AvgIpc) is 2.72. The largest absolute Gasteiger partial charge is 0.383 e. The molecule has 0 radical (unpaired) electrons. The number of fused-ring (bicyclic) bond motifs is 1. The molecule has 0 saturated heterocycles. The van der Waals surface area contributed by atoms with E-state index in [-0.39, 0.29) is 0 Å². The quantitative estimate of drug-likeness (QED) is 0.425. The highest BCUT2D eigenvalue weighted by Gasteiger charge is 2.08. The molecular formula is C27H29N3. The molecule has 4 rings (SSSR count). The van der Waals surface area contributed by atoms with Crippen LogP contribution in [-0.4, -0.2) is 9.97 Å². The number of nitrogens with two attached hydrogens (primary N) is 1. The van der Waals surface area contributed by atoms with Crippen molar-refractivity contribution in [2.45, 2.75) is 40.0 Å². The molecule has 2 aromatic heterocycles. The van der Waals surface area contributed by atoms with Crippen LogP contribution >= 0.6 is 0 Å². The molecule has 2 heterocycles. The van der Waals surface area contributed by atoms with Crippen molar-refractivity contribution in [3.8, 4) is 11.1 Å². The lowest BCUT2D eigenvalue weighted by Gasteiger charge is -2.11. The molecule has 0 aliphatic carbocycles. The lowest BCUT2D eigenvalue weighted by molar-refractivity contribution is 0.645. The number of benzene rings is 2. The number of aryl methyl sites for hydroxylation is 3. The van der Waals surface area contributed by atoms with Gasteiger partial charge in [0.25, 0.3) is 0 Å². The second-order valence-corrected chi connectivity index (χ2v) is 8.55. The van der Waals surface area contributed by atoms with E-state index in [1.807, 2.05) is 12.4 Å². The molecular weight excluding hydrogens is 366 g/mol. The molecule has 4 aromatic rings. The van der Waals surface area contributed by atoms with Gasteiger partial charge >= 0.3 is 0 Å². The summed E-state index contributed by atoms with van der Waals surface area (Å²) in [6.45, 7) is 6.62. The van der Waals surface area contributed by atoms with Gasteiger partial charge in [-0.25, -0.2) is 4.98 Å². The number of hydrogen-bond acceptors (Lipinski definition) is 3. The van der Waals surface area contributed by atoms with Crippen molar-refractivity contribution >= 4 is 16.7 Å². The van der Waals surface area contributed by atoms with E-state index in [1.165, 1.54) is 27.8 Å². The molecule has 0 spiro atoms. The Morgan fingerprint density at radius 3 is 2.50 bits per heavy atom. The minimum absolute atomic E-state index is 0.623. The van der Waals surface area contributed by atoms with E-state index in [9.17, 15) is 0 Å². The molecule has 0 fully saturated rings.